The molecular formula is C12H8ClNO4S. The molecule has 0 aliphatic heterocycles. The van der Waals surface area contributed by atoms with Gasteiger partial charge in [0, 0.05) is 0 Å². The maximum atomic E-state index is 11.8. The molecule has 0 bridgehead atoms. The molecule has 0 aliphatic carbocycles. The quantitative estimate of drug-likeness (QED) is 0.760. The zero-order valence-electron chi connectivity index (χ0n) is 9.38. The van der Waals surface area contributed by atoms with Gasteiger partial charge in [0.25, 0.3) is 5.91 Å². The van der Waals surface area contributed by atoms with Crippen LogP contribution in [0.25, 0.3) is 0 Å². The van der Waals surface area contributed by atoms with Crippen molar-refractivity contribution >= 4 is 40.5 Å². The third-order valence-electron chi connectivity index (χ3n) is 2.29. The lowest BCUT2D eigenvalue weighted by Gasteiger charge is -2.07. The Morgan fingerprint density at radius 3 is 2.53 bits per heavy atom. The van der Waals surface area contributed by atoms with Crippen LogP contribution in [0, 0.1) is 0 Å². The van der Waals surface area contributed by atoms with Crippen molar-refractivity contribution in [3.8, 4) is 5.75 Å². The second-order valence-electron chi connectivity index (χ2n) is 3.59. The lowest BCUT2D eigenvalue weighted by Crippen LogP contribution is -2.11. The Morgan fingerprint density at radius 2 is 1.95 bits per heavy atom. The fraction of sp³-hybridized carbons (Fsp3) is 0. The molecule has 2 aromatic rings. The van der Waals surface area contributed by atoms with Gasteiger partial charge in [0.1, 0.15) is 5.75 Å². The summed E-state index contributed by atoms with van der Waals surface area (Å²) in [6, 6.07) is 6.76. The zero-order chi connectivity index (χ0) is 14.0. The van der Waals surface area contributed by atoms with Crippen LogP contribution in [0.1, 0.15) is 20.0 Å². The van der Waals surface area contributed by atoms with Crippen LogP contribution < -0.4 is 5.32 Å². The largest absolute Gasteiger partial charge is 0.506 e. The minimum atomic E-state index is -1.14. The number of rotatable bonds is 3. The number of aromatic carboxylic acids is 1. The maximum absolute atomic E-state index is 11.8. The van der Waals surface area contributed by atoms with Crippen molar-refractivity contribution in [1.82, 2.24) is 0 Å². The van der Waals surface area contributed by atoms with E-state index in [0.29, 0.717) is 9.21 Å². The number of amides is 1. The number of thiophene rings is 1. The van der Waals surface area contributed by atoms with E-state index in [1.807, 2.05) is 0 Å². The van der Waals surface area contributed by atoms with Gasteiger partial charge in [0.15, 0.2) is 0 Å². The minimum absolute atomic E-state index is 0.0303. The predicted octanol–water partition coefficient (Wildman–Crippen LogP) is 3.06. The fourth-order valence-corrected chi connectivity index (χ4v) is 2.33. The maximum Gasteiger partial charge on any atom is 0.335 e. The van der Waals surface area contributed by atoms with Crippen LogP contribution in [0.3, 0.4) is 0 Å². The molecule has 1 amide bonds. The summed E-state index contributed by atoms with van der Waals surface area (Å²) >= 11 is 6.80. The van der Waals surface area contributed by atoms with E-state index < -0.39 is 11.9 Å². The summed E-state index contributed by atoms with van der Waals surface area (Å²) in [6.45, 7) is 0. The molecule has 0 saturated carbocycles. The van der Waals surface area contributed by atoms with Gasteiger partial charge in [-0.1, -0.05) is 11.6 Å². The van der Waals surface area contributed by atoms with E-state index in [0.717, 1.165) is 11.3 Å². The molecule has 3 N–H and O–H groups in total. The molecule has 5 nitrogen and oxygen atoms in total. The first-order valence-electron chi connectivity index (χ1n) is 5.10. The third-order valence-corrected chi connectivity index (χ3v) is 3.52. The molecule has 98 valence electrons. The number of carbonyl (C=O) groups excluding carboxylic acids is 1. The number of nitrogens with one attached hydrogen (secondary N) is 1. The number of phenols is 1. The average molecular weight is 298 g/mol. The van der Waals surface area contributed by atoms with E-state index in [1.54, 1.807) is 12.1 Å². The number of carbonyl (C=O) groups is 2. The highest BCUT2D eigenvalue weighted by Crippen LogP contribution is 2.27. The van der Waals surface area contributed by atoms with Gasteiger partial charge < -0.3 is 15.5 Å². The molecule has 0 fully saturated rings. The van der Waals surface area contributed by atoms with Gasteiger partial charge in [-0.05, 0) is 30.3 Å². The topological polar surface area (TPSA) is 86.6 Å². The summed E-state index contributed by atoms with van der Waals surface area (Å²) in [5.41, 5.74) is 0.00624. The summed E-state index contributed by atoms with van der Waals surface area (Å²) in [5, 5.41) is 20.9. The second kappa shape index (κ2) is 5.29. The number of carboxylic acid groups (broad SMARTS) is 1. The summed E-state index contributed by atoms with van der Waals surface area (Å²) < 4.78 is 0.466. The molecule has 0 unspecified atom stereocenters. The number of anilines is 1. The first kappa shape index (κ1) is 13.4. The number of phenolic OH excluding ortho intramolecular Hbond substituents is 1. The Hall–Kier alpha value is -2.05. The Bertz CT molecular complexity index is 653. The Balaban J connectivity index is 2.25. The van der Waals surface area contributed by atoms with Crippen LogP contribution in [0.15, 0.2) is 30.3 Å². The van der Waals surface area contributed by atoms with Gasteiger partial charge in [-0.2, -0.15) is 0 Å². The molecule has 0 radical (unpaired) electrons. The molecule has 0 aliphatic rings. The van der Waals surface area contributed by atoms with E-state index >= 15 is 0 Å². The molecule has 19 heavy (non-hydrogen) atoms. The van der Waals surface area contributed by atoms with E-state index in [9.17, 15) is 14.7 Å². The van der Waals surface area contributed by atoms with Crippen LogP contribution in [-0.2, 0) is 0 Å². The lowest BCUT2D eigenvalue weighted by molar-refractivity contribution is 0.0696. The summed E-state index contributed by atoms with van der Waals surface area (Å²) in [4.78, 5) is 23.0. The molecule has 1 aromatic heterocycles. The lowest BCUT2D eigenvalue weighted by atomic mass is 10.2. The van der Waals surface area contributed by atoms with Gasteiger partial charge in [0.05, 0.1) is 20.5 Å². The van der Waals surface area contributed by atoms with Gasteiger partial charge in [0.2, 0.25) is 0 Å². The van der Waals surface area contributed by atoms with Crippen molar-refractivity contribution in [2.45, 2.75) is 0 Å². The van der Waals surface area contributed by atoms with E-state index in [2.05, 4.69) is 5.32 Å². The zero-order valence-corrected chi connectivity index (χ0v) is 11.0. The van der Waals surface area contributed by atoms with Crippen LogP contribution in [-0.4, -0.2) is 22.1 Å². The van der Waals surface area contributed by atoms with Gasteiger partial charge in [-0.25, -0.2) is 4.79 Å². The van der Waals surface area contributed by atoms with Crippen molar-refractivity contribution in [3.05, 3.63) is 45.1 Å². The summed E-state index contributed by atoms with van der Waals surface area (Å²) in [6.07, 6.45) is 0. The highest BCUT2D eigenvalue weighted by atomic mass is 35.5. The van der Waals surface area contributed by atoms with E-state index in [1.165, 1.54) is 18.2 Å². The minimum Gasteiger partial charge on any atom is -0.506 e. The molecular weight excluding hydrogens is 290 g/mol. The SMILES string of the molecule is O=C(O)c1ccc(O)c(NC(=O)c2ccc(Cl)s2)c1. The molecule has 0 atom stereocenters. The van der Waals surface area contributed by atoms with Crippen molar-refractivity contribution in [3.63, 3.8) is 0 Å². The monoisotopic (exact) mass is 297 g/mol. The van der Waals surface area contributed by atoms with E-state index in [4.69, 9.17) is 16.7 Å². The molecule has 0 saturated heterocycles. The molecule has 0 spiro atoms. The summed E-state index contributed by atoms with van der Waals surface area (Å²) in [7, 11) is 0. The summed E-state index contributed by atoms with van der Waals surface area (Å²) in [5.74, 6) is -1.81. The third kappa shape index (κ3) is 3.04. The standard InChI is InChI=1S/C12H8ClNO4S/c13-10-4-3-9(19-10)11(16)14-7-5-6(12(17)18)1-2-8(7)15/h1-5,15H,(H,14,16)(H,17,18). The number of aromatic hydroxyl groups is 1. The van der Waals surface area contributed by atoms with Crippen molar-refractivity contribution in [1.29, 1.82) is 0 Å². The highest BCUT2D eigenvalue weighted by Gasteiger charge is 2.13. The number of benzene rings is 1. The van der Waals surface area contributed by atoms with Gasteiger partial charge in [-0.3, -0.25) is 4.79 Å². The van der Waals surface area contributed by atoms with Crippen LogP contribution in [0.4, 0.5) is 5.69 Å². The number of carboxylic acids is 1. The Labute approximate surface area is 117 Å². The fourth-order valence-electron chi connectivity index (χ4n) is 1.39. The number of hydrogen-bond acceptors (Lipinski definition) is 4. The van der Waals surface area contributed by atoms with Crippen molar-refractivity contribution in [2.24, 2.45) is 0 Å². The predicted molar refractivity (Wildman–Crippen MR) is 72.3 cm³/mol. The second-order valence-corrected chi connectivity index (χ2v) is 5.31. The van der Waals surface area contributed by atoms with Gasteiger partial charge in [-0.15, -0.1) is 11.3 Å². The van der Waals surface area contributed by atoms with Gasteiger partial charge >= 0.3 is 5.97 Å². The smallest absolute Gasteiger partial charge is 0.335 e. The Kier molecular flexibility index (Phi) is 3.73. The first-order valence-corrected chi connectivity index (χ1v) is 6.30. The van der Waals surface area contributed by atoms with Crippen LogP contribution >= 0.6 is 22.9 Å². The normalized spacial score (nSPS) is 10.2. The highest BCUT2D eigenvalue weighted by molar-refractivity contribution is 7.18. The first-order chi connectivity index (χ1) is 8.97. The molecule has 7 heteroatoms. The van der Waals surface area contributed by atoms with Crippen LogP contribution in [0.2, 0.25) is 4.34 Å². The molecule has 1 aromatic carbocycles. The average Bonchev–Trinajstić information content (AvgIpc) is 2.78. The number of halogens is 1. The van der Waals surface area contributed by atoms with Crippen molar-refractivity contribution in [2.75, 3.05) is 5.32 Å². The Morgan fingerprint density at radius 1 is 1.21 bits per heavy atom. The van der Waals surface area contributed by atoms with Crippen molar-refractivity contribution < 1.29 is 19.8 Å². The number of hydrogen-bond donors (Lipinski definition) is 3. The molecule has 1 heterocycles. The molecule has 2 rings (SSSR count). The van der Waals surface area contributed by atoms with Crippen LogP contribution in [0.5, 0.6) is 5.75 Å². The van der Waals surface area contributed by atoms with E-state index in [-0.39, 0.29) is 17.0 Å².